The average Bonchev–Trinajstić information content (AvgIpc) is 2.26. The molecule has 0 fully saturated rings. The number of aromatic nitrogens is 2. The van der Waals surface area contributed by atoms with Crippen molar-refractivity contribution in [2.45, 2.75) is 39.3 Å². The van der Waals surface area contributed by atoms with E-state index in [0.29, 0.717) is 23.6 Å². The van der Waals surface area contributed by atoms with Gasteiger partial charge in [0.1, 0.15) is 0 Å². The first-order valence-electron chi connectivity index (χ1n) is 5.77. The molecular weight excluding hydrogens is 286 g/mol. The van der Waals surface area contributed by atoms with Crippen LogP contribution >= 0.6 is 15.9 Å². The monoisotopic (exact) mass is 303 g/mol. The molecule has 1 heterocycles. The van der Waals surface area contributed by atoms with Gasteiger partial charge in [-0.1, -0.05) is 13.3 Å². The molecule has 0 bridgehead atoms. The Morgan fingerprint density at radius 3 is 2.88 bits per heavy atom. The second-order valence-corrected chi connectivity index (χ2v) is 4.93. The van der Waals surface area contributed by atoms with Crippen LogP contribution in [0.5, 0.6) is 0 Å². The molecule has 2 N–H and O–H groups in total. The third-order valence-electron chi connectivity index (χ3n) is 2.53. The van der Waals surface area contributed by atoms with Gasteiger partial charge in [-0.05, 0) is 29.3 Å². The Morgan fingerprint density at radius 1 is 1.53 bits per heavy atom. The molecule has 0 saturated carbocycles. The Bertz CT molecular complexity index is 467. The first-order chi connectivity index (χ1) is 8.04. The molecule has 6 heteroatoms. The number of aromatic amines is 1. The molecule has 5 nitrogen and oxygen atoms in total. The van der Waals surface area contributed by atoms with E-state index in [0.717, 1.165) is 12.8 Å². The molecule has 1 atom stereocenters. The Morgan fingerprint density at radius 2 is 2.24 bits per heavy atom. The standard InChI is InChI=1S/C11H18BrN3O2/c1-3-4-8(2)13-5-6-15-7-9(12)10(16)14-11(15)17/h7-8,13H,3-6H2,1-2H3,(H,14,16,17). The zero-order valence-electron chi connectivity index (χ0n) is 10.1. The zero-order valence-corrected chi connectivity index (χ0v) is 11.7. The maximum atomic E-state index is 11.5. The smallest absolute Gasteiger partial charge is 0.312 e. The third kappa shape index (κ3) is 4.47. The van der Waals surface area contributed by atoms with Gasteiger partial charge in [0, 0.05) is 25.3 Å². The minimum atomic E-state index is -0.390. The summed E-state index contributed by atoms with van der Waals surface area (Å²) in [6, 6.07) is 0.446. The zero-order chi connectivity index (χ0) is 12.8. The van der Waals surface area contributed by atoms with E-state index in [1.807, 2.05) is 0 Å². The topological polar surface area (TPSA) is 66.9 Å². The van der Waals surface area contributed by atoms with Crippen LogP contribution in [0.4, 0.5) is 0 Å². The van der Waals surface area contributed by atoms with Gasteiger partial charge in [-0.3, -0.25) is 14.3 Å². The van der Waals surface area contributed by atoms with Crippen LogP contribution < -0.4 is 16.6 Å². The second-order valence-electron chi connectivity index (χ2n) is 4.07. The fourth-order valence-corrected chi connectivity index (χ4v) is 1.96. The van der Waals surface area contributed by atoms with Crippen molar-refractivity contribution in [2.75, 3.05) is 6.54 Å². The Kier molecular flexibility index (Phi) is 5.64. The van der Waals surface area contributed by atoms with Crippen LogP contribution in [0, 0.1) is 0 Å². The number of hydrogen-bond donors (Lipinski definition) is 2. The number of hydrogen-bond acceptors (Lipinski definition) is 3. The molecule has 0 aliphatic carbocycles. The van der Waals surface area contributed by atoms with Crippen LogP contribution in [0.25, 0.3) is 0 Å². The van der Waals surface area contributed by atoms with E-state index in [9.17, 15) is 9.59 Å². The fraction of sp³-hybridized carbons (Fsp3) is 0.636. The predicted molar refractivity (Wildman–Crippen MR) is 71.4 cm³/mol. The van der Waals surface area contributed by atoms with E-state index in [1.165, 1.54) is 10.8 Å². The first-order valence-corrected chi connectivity index (χ1v) is 6.56. The van der Waals surface area contributed by atoms with Gasteiger partial charge >= 0.3 is 5.69 Å². The molecule has 0 aliphatic rings. The molecule has 0 amide bonds. The highest BCUT2D eigenvalue weighted by Crippen LogP contribution is 1.98. The van der Waals surface area contributed by atoms with Crippen LogP contribution in [0.15, 0.2) is 20.3 Å². The summed E-state index contributed by atoms with van der Waals surface area (Å²) in [7, 11) is 0. The van der Waals surface area contributed by atoms with Gasteiger partial charge in [-0.15, -0.1) is 0 Å². The minimum absolute atomic E-state index is 0.372. The third-order valence-corrected chi connectivity index (χ3v) is 3.10. The van der Waals surface area contributed by atoms with Gasteiger partial charge in [0.15, 0.2) is 0 Å². The van der Waals surface area contributed by atoms with Crippen LogP contribution in [-0.4, -0.2) is 22.1 Å². The van der Waals surface area contributed by atoms with Crippen molar-refractivity contribution in [1.82, 2.24) is 14.9 Å². The maximum Gasteiger partial charge on any atom is 0.328 e. The predicted octanol–water partition coefficient (Wildman–Crippen LogP) is 1.08. The molecule has 1 aromatic rings. The van der Waals surface area contributed by atoms with E-state index in [1.54, 1.807) is 0 Å². The van der Waals surface area contributed by atoms with Crippen molar-refractivity contribution in [3.05, 3.63) is 31.5 Å². The molecule has 1 aromatic heterocycles. The highest BCUT2D eigenvalue weighted by molar-refractivity contribution is 9.10. The molecule has 0 radical (unpaired) electrons. The number of halogens is 1. The Hall–Kier alpha value is -0.880. The van der Waals surface area contributed by atoms with E-state index in [4.69, 9.17) is 0 Å². The van der Waals surface area contributed by atoms with Crippen molar-refractivity contribution >= 4 is 15.9 Å². The largest absolute Gasteiger partial charge is 0.328 e. The fourth-order valence-electron chi connectivity index (χ4n) is 1.62. The Labute approximate surface area is 108 Å². The van der Waals surface area contributed by atoms with E-state index >= 15 is 0 Å². The van der Waals surface area contributed by atoms with Gasteiger partial charge in [-0.25, -0.2) is 4.79 Å². The summed E-state index contributed by atoms with van der Waals surface area (Å²) in [5, 5.41) is 3.33. The summed E-state index contributed by atoms with van der Waals surface area (Å²) >= 11 is 3.10. The first kappa shape index (κ1) is 14.2. The molecular formula is C11H18BrN3O2. The summed E-state index contributed by atoms with van der Waals surface area (Å²) in [5.74, 6) is 0. The molecule has 0 aliphatic heterocycles. The van der Waals surface area contributed by atoms with Crippen LogP contribution in [-0.2, 0) is 6.54 Å². The molecule has 96 valence electrons. The minimum Gasteiger partial charge on any atom is -0.312 e. The summed E-state index contributed by atoms with van der Waals surface area (Å²) in [6.07, 6.45) is 3.77. The van der Waals surface area contributed by atoms with Crippen LogP contribution in [0.3, 0.4) is 0 Å². The number of nitrogens with zero attached hydrogens (tertiary/aromatic N) is 1. The lowest BCUT2D eigenvalue weighted by atomic mass is 10.2. The normalized spacial score (nSPS) is 12.6. The molecule has 0 saturated heterocycles. The van der Waals surface area contributed by atoms with Crippen LogP contribution in [0.1, 0.15) is 26.7 Å². The van der Waals surface area contributed by atoms with Crippen molar-refractivity contribution < 1.29 is 0 Å². The average molecular weight is 304 g/mol. The van der Waals surface area contributed by atoms with Crippen molar-refractivity contribution in [1.29, 1.82) is 0 Å². The molecule has 0 spiro atoms. The Balaban J connectivity index is 2.55. The van der Waals surface area contributed by atoms with E-state index < -0.39 is 5.56 Å². The molecule has 1 rings (SSSR count). The lowest BCUT2D eigenvalue weighted by molar-refractivity contribution is 0.479. The number of rotatable bonds is 6. The maximum absolute atomic E-state index is 11.5. The SMILES string of the molecule is CCCC(C)NCCn1cc(Br)c(=O)[nH]c1=O. The number of nitrogens with one attached hydrogen (secondary N) is 2. The van der Waals surface area contributed by atoms with Gasteiger partial charge in [-0.2, -0.15) is 0 Å². The van der Waals surface area contributed by atoms with Crippen molar-refractivity contribution in [3.63, 3.8) is 0 Å². The summed E-state index contributed by atoms with van der Waals surface area (Å²) in [5.41, 5.74) is -0.762. The van der Waals surface area contributed by atoms with Crippen LogP contribution in [0.2, 0.25) is 0 Å². The van der Waals surface area contributed by atoms with Gasteiger partial charge in [0.25, 0.3) is 5.56 Å². The molecule has 0 aromatic carbocycles. The quantitative estimate of drug-likeness (QED) is 0.826. The van der Waals surface area contributed by atoms with Gasteiger partial charge < -0.3 is 5.32 Å². The number of H-pyrrole nitrogens is 1. The van der Waals surface area contributed by atoms with Crippen molar-refractivity contribution in [3.8, 4) is 0 Å². The van der Waals surface area contributed by atoms with E-state index in [-0.39, 0.29) is 5.69 Å². The van der Waals surface area contributed by atoms with Crippen molar-refractivity contribution in [2.24, 2.45) is 0 Å². The lowest BCUT2D eigenvalue weighted by Gasteiger charge is -2.13. The molecule has 1 unspecified atom stereocenters. The summed E-state index contributed by atoms with van der Waals surface area (Å²) in [6.45, 7) is 5.51. The van der Waals surface area contributed by atoms with Gasteiger partial charge in [0.05, 0.1) is 4.47 Å². The molecule has 17 heavy (non-hydrogen) atoms. The summed E-state index contributed by atoms with van der Waals surface area (Å²) in [4.78, 5) is 24.8. The van der Waals surface area contributed by atoms with E-state index in [2.05, 4.69) is 40.1 Å². The highest BCUT2D eigenvalue weighted by Gasteiger charge is 2.03. The highest BCUT2D eigenvalue weighted by atomic mass is 79.9. The lowest BCUT2D eigenvalue weighted by Crippen LogP contribution is -2.35. The van der Waals surface area contributed by atoms with Gasteiger partial charge in [0.2, 0.25) is 0 Å². The summed E-state index contributed by atoms with van der Waals surface area (Å²) < 4.78 is 1.86. The second kappa shape index (κ2) is 6.76.